The summed E-state index contributed by atoms with van der Waals surface area (Å²) in [6.45, 7) is 1.53. The van der Waals surface area contributed by atoms with Gasteiger partial charge in [0.2, 0.25) is 0 Å². The van der Waals surface area contributed by atoms with Gasteiger partial charge < -0.3 is 11.5 Å². The SMILES string of the molecule is NCCC=CCCCN. The Morgan fingerprint density at radius 1 is 0.889 bits per heavy atom. The van der Waals surface area contributed by atoms with Gasteiger partial charge in [-0.1, -0.05) is 12.2 Å². The molecular formula is C7H16N2. The Bertz CT molecular complexity index is 69.3. The van der Waals surface area contributed by atoms with Crippen LogP contribution in [0.4, 0.5) is 0 Å². The summed E-state index contributed by atoms with van der Waals surface area (Å²) >= 11 is 0. The summed E-state index contributed by atoms with van der Waals surface area (Å²) < 4.78 is 0. The van der Waals surface area contributed by atoms with E-state index >= 15 is 0 Å². The van der Waals surface area contributed by atoms with E-state index in [0.29, 0.717) is 0 Å². The van der Waals surface area contributed by atoms with Gasteiger partial charge in [-0.05, 0) is 32.4 Å². The fraction of sp³-hybridized carbons (Fsp3) is 0.714. The van der Waals surface area contributed by atoms with Crippen molar-refractivity contribution in [2.24, 2.45) is 11.5 Å². The molecule has 0 saturated carbocycles. The summed E-state index contributed by atoms with van der Waals surface area (Å²) in [4.78, 5) is 0. The second kappa shape index (κ2) is 7.66. The third kappa shape index (κ3) is 7.66. The Morgan fingerprint density at radius 2 is 1.56 bits per heavy atom. The van der Waals surface area contributed by atoms with E-state index in [0.717, 1.165) is 32.4 Å². The Labute approximate surface area is 56.9 Å². The van der Waals surface area contributed by atoms with E-state index in [9.17, 15) is 0 Å². The largest absolute Gasteiger partial charge is 0.330 e. The highest BCUT2D eigenvalue weighted by molar-refractivity contribution is 4.81. The van der Waals surface area contributed by atoms with Crippen LogP contribution in [0.1, 0.15) is 19.3 Å². The van der Waals surface area contributed by atoms with Crippen LogP contribution in [0.2, 0.25) is 0 Å². The minimum Gasteiger partial charge on any atom is -0.330 e. The summed E-state index contributed by atoms with van der Waals surface area (Å²) in [5, 5.41) is 0. The maximum absolute atomic E-state index is 5.28. The van der Waals surface area contributed by atoms with Crippen molar-refractivity contribution in [2.45, 2.75) is 19.3 Å². The van der Waals surface area contributed by atoms with Crippen LogP contribution in [0.3, 0.4) is 0 Å². The normalized spacial score (nSPS) is 10.9. The average Bonchev–Trinajstić information content (AvgIpc) is 1.89. The first-order chi connectivity index (χ1) is 4.41. The molecule has 0 bridgehead atoms. The quantitative estimate of drug-likeness (QED) is 0.421. The lowest BCUT2D eigenvalue weighted by molar-refractivity contribution is 0.850. The molecule has 4 N–H and O–H groups in total. The lowest BCUT2D eigenvalue weighted by Crippen LogP contribution is -1.97. The summed E-state index contributed by atoms with van der Waals surface area (Å²) in [5.74, 6) is 0. The number of hydrogen-bond acceptors (Lipinski definition) is 2. The Balaban J connectivity index is 2.86. The van der Waals surface area contributed by atoms with Gasteiger partial charge in [0.1, 0.15) is 0 Å². The van der Waals surface area contributed by atoms with E-state index in [1.807, 2.05) is 0 Å². The van der Waals surface area contributed by atoms with Crippen molar-refractivity contribution in [1.29, 1.82) is 0 Å². The molecule has 2 heteroatoms. The van der Waals surface area contributed by atoms with Gasteiger partial charge in [-0.25, -0.2) is 0 Å². The second-order valence-corrected chi connectivity index (χ2v) is 1.98. The Morgan fingerprint density at radius 3 is 2.11 bits per heavy atom. The van der Waals surface area contributed by atoms with Crippen molar-refractivity contribution in [3.63, 3.8) is 0 Å². The van der Waals surface area contributed by atoms with Crippen LogP contribution in [0, 0.1) is 0 Å². The molecule has 2 nitrogen and oxygen atoms in total. The van der Waals surface area contributed by atoms with Gasteiger partial charge in [0.25, 0.3) is 0 Å². The molecular weight excluding hydrogens is 112 g/mol. The lowest BCUT2D eigenvalue weighted by Gasteiger charge is -1.87. The number of hydrogen-bond donors (Lipinski definition) is 2. The van der Waals surface area contributed by atoms with Gasteiger partial charge in [0.05, 0.1) is 0 Å². The molecule has 0 atom stereocenters. The average molecular weight is 128 g/mol. The maximum atomic E-state index is 5.28. The molecule has 0 radical (unpaired) electrons. The molecule has 0 saturated heterocycles. The van der Waals surface area contributed by atoms with Crippen molar-refractivity contribution in [3.05, 3.63) is 12.2 Å². The van der Waals surface area contributed by atoms with Gasteiger partial charge in [0, 0.05) is 0 Å². The molecule has 0 aliphatic rings. The zero-order chi connectivity index (χ0) is 6.95. The molecule has 9 heavy (non-hydrogen) atoms. The molecule has 0 rings (SSSR count). The van der Waals surface area contributed by atoms with Gasteiger partial charge in [0.15, 0.2) is 0 Å². The second-order valence-electron chi connectivity index (χ2n) is 1.98. The van der Waals surface area contributed by atoms with Crippen LogP contribution >= 0.6 is 0 Å². The van der Waals surface area contributed by atoms with Gasteiger partial charge >= 0.3 is 0 Å². The Hall–Kier alpha value is -0.340. The van der Waals surface area contributed by atoms with E-state index in [-0.39, 0.29) is 0 Å². The lowest BCUT2D eigenvalue weighted by atomic mass is 10.2. The van der Waals surface area contributed by atoms with Crippen molar-refractivity contribution in [3.8, 4) is 0 Å². The summed E-state index contributed by atoms with van der Waals surface area (Å²) in [6, 6.07) is 0. The first kappa shape index (κ1) is 8.66. The van der Waals surface area contributed by atoms with Crippen LogP contribution in [0.15, 0.2) is 12.2 Å². The topological polar surface area (TPSA) is 52.0 Å². The molecule has 0 aromatic rings. The zero-order valence-electron chi connectivity index (χ0n) is 5.84. The van der Waals surface area contributed by atoms with E-state index < -0.39 is 0 Å². The molecule has 0 aromatic carbocycles. The first-order valence-electron chi connectivity index (χ1n) is 3.47. The van der Waals surface area contributed by atoms with E-state index in [1.165, 1.54) is 0 Å². The third-order valence-corrected chi connectivity index (χ3v) is 1.07. The molecule has 54 valence electrons. The molecule has 0 heterocycles. The number of allylic oxidation sites excluding steroid dienone is 1. The third-order valence-electron chi connectivity index (χ3n) is 1.07. The fourth-order valence-electron chi connectivity index (χ4n) is 0.568. The number of unbranched alkanes of at least 4 members (excludes halogenated alkanes) is 1. The standard InChI is InChI=1S/C7H16N2/c8-6-4-2-1-3-5-7-9/h1-2H,3-9H2. The highest BCUT2D eigenvalue weighted by atomic mass is 14.5. The number of rotatable bonds is 5. The van der Waals surface area contributed by atoms with Crippen molar-refractivity contribution >= 4 is 0 Å². The highest BCUT2D eigenvalue weighted by Gasteiger charge is 1.76. The number of nitrogens with two attached hydrogens (primary N) is 2. The molecule has 0 fully saturated rings. The molecule has 0 amide bonds. The van der Waals surface area contributed by atoms with E-state index in [4.69, 9.17) is 11.5 Å². The predicted octanol–water partition coefficient (Wildman–Crippen LogP) is 0.630. The van der Waals surface area contributed by atoms with Crippen LogP contribution < -0.4 is 11.5 Å². The highest BCUT2D eigenvalue weighted by Crippen LogP contribution is 1.88. The summed E-state index contributed by atoms with van der Waals surface area (Å²) in [5.41, 5.74) is 10.6. The molecule has 0 aromatic heterocycles. The monoisotopic (exact) mass is 128 g/mol. The smallest absolute Gasteiger partial charge is 0.00426 e. The Kier molecular flexibility index (Phi) is 7.37. The minimum atomic E-state index is 0.749. The van der Waals surface area contributed by atoms with Crippen LogP contribution in [-0.4, -0.2) is 13.1 Å². The predicted molar refractivity (Wildman–Crippen MR) is 41.1 cm³/mol. The van der Waals surface area contributed by atoms with Gasteiger partial charge in [-0.15, -0.1) is 0 Å². The van der Waals surface area contributed by atoms with Crippen molar-refractivity contribution < 1.29 is 0 Å². The maximum Gasteiger partial charge on any atom is -0.00426 e. The molecule has 0 aliphatic heterocycles. The van der Waals surface area contributed by atoms with Crippen molar-refractivity contribution in [2.75, 3.05) is 13.1 Å². The van der Waals surface area contributed by atoms with E-state index in [1.54, 1.807) is 0 Å². The zero-order valence-corrected chi connectivity index (χ0v) is 5.84. The van der Waals surface area contributed by atoms with Gasteiger partial charge in [-0.3, -0.25) is 0 Å². The molecule has 0 spiro atoms. The molecule has 0 aliphatic carbocycles. The van der Waals surface area contributed by atoms with Crippen LogP contribution in [0.25, 0.3) is 0 Å². The van der Waals surface area contributed by atoms with Crippen LogP contribution in [0.5, 0.6) is 0 Å². The van der Waals surface area contributed by atoms with E-state index in [2.05, 4.69) is 12.2 Å². The first-order valence-corrected chi connectivity index (χ1v) is 3.47. The minimum absolute atomic E-state index is 0.749. The fourth-order valence-corrected chi connectivity index (χ4v) is 0.568. The van der Waals surface area contributed by atoms with Crippen molar-refractivity contribution in [1.82, 2.24) is 0 Å². The summed E-state index contributed by atoms with van der Waals surface area (Å²) in [6.07, 6.45) is 7.41. The summed E-state index contributed by atoms with van der Waals surface area (Å²) in [7, 11) is 0. The van der Waals surface area contributed by atoms with Gasteiger partial charge in [-0.2, -0.15) is 0 Å². The molecule has 0 unspecified atom stereocenters. The van der Waals surface area contributed by atoms with Crippen LogP contribution in [-0.2, 0) is 0 Å².